The van der Waals surface area contributed by atoms with Crippen molar-refractivity contribution in [3.05, 3.63) is 35.2 Å². The van der Waals surface area contributed by atoms with Crippen molar-refractivity contribution >= 4 is 36.9 Å². The zero-order chi connectivity index (χ0) is 20.3. The fourth-order valence-electron chi connectivity index (χ4n) is 3.16. The molecule has 0 bridgehead atoms. The lowest BCUT2D eigenvalue weighted by Crippen LogP contribution is -2.17. The van der Waals surface area contributed by atoms with Gasteiger partial charge in [-0.2, -0.15) is 16.8 Å². The van der Waals surface area contributed by atoms with Gasteiger partial charge in [-0.15, -0.1) is 0 Å². The van der Waals surface area contributed by atoms with Crippen molar-refractivity contribution in [2.45, 2.75) is 29.6 Å². The van der Waals surface area contributed by atoms with Gasteiger partial charge < -0.3 is 10.2 Å². The molecule has 144 valence electrons. The lowest BCUT2D eigenvalue weighted by Gasteiger charge is -2.20. The smallest absolute Gasteiger partial charge is 0.300 e. The zero-order valence-electron chi connectivity index (χ0n) is 14.2. The van der Waals surface area contributed by atoms with Crippen LogP contribution >= 0.6 is 0 Å². The van der Waals surface area contributed by atoms with Crippen LogP contribution in [0.3, 0.4) is 0 Å². The first-order valence-corrected chi connectivity index (χ1v) is 10.5. The summed E-state index contributed by atoms with van der Waals surface area (Å²) in [5.74, 6) is -0.619. The molecule has 9 nitrogen and oxygen atoms in total. The number of benzene rings is 2. The van der Waals surface area contributed by atoms with Crippen LogP contribution in [0.5, 0.6) is 0 Å². The molecule has 0 unspecified atom stereocenters. The van der Waals surface area contributed by atoms with Crippen LogP contribution in [0.1, 0.15) is 25.3 Å². The van der Waals surface area contributed by atoms with Crippen molar-refractivity contribution in [2.75, 3.05) is 5.73 Å². The van der Waals surface area contributed by atoms with Crippen LogP contribution < -0.4 is 11.1 Å². The SMILES string of the molecule is CC(C)c1c2ccc(=N)c(S(=O)(=O)O)c-2oc2c(S(=O)(=O)O)c(N)ccc12. The van der Waals surface area contributed by atoms with Gasteiger partial charge in [0, 0.05) is 10.9 Å². The zero-order valence-corrected chi connectivity index (χ0v) is 15.8. The summed E-state index contributed by atoms with van der Waals surface area (Å²) in [6.07, 6.45) is 0. The molecule has 1 aromatic carbocycles. The second kappa shape index (κ2) is 6.02. The molecular formula is C16H16N2O7S2. The predicted octanol–water partition coefficient (Wildman–Crippen LogP) is 2.22. The van der Waals surface area contributed by atoms with E-state index >= 15 is 0 Å². The van der Waals surface area contributed by atoms with Gasteiger partial charge in [0.1, 0.15) is 0 Å². The number of nitrogens with two attached hydrogens (primary N) is 1. The molecule has 11 heteroatoms. The van der Waals surface area contributed by atoms with Gasteiger partial charge in [0.25, 0.3) is 20.2 Å². The van der Waals surface area contributed by atoms with Gasteiger partial charge in [0.15, 0.2) is 21.1 Å². The Hall–Kier alpha value is -2.47. The lowest BCUT2D eigenvalue weighted by molar-refractivity contribution is 0.477. The number of hydrogen-bond acceptors (Lipinski definition) is 7. The third-order valence-corrected chi connectivity index (χ3v) is 5.99. The van der Waals surface area contributed by atoms with E-state index in [0.29, 0.717) is 10.9 Å². The minimum Gasteiger partial charge on any atom is -0.453 e. The molecule has 0 aromatic heterocycles. The van der Waals surface area contributed by atoms with E-state index in [-0.39, 0.29) is 22.8 Å². The average Bonchev–Trinajstić information content (AvgIpc) is 2.49. The van der Waals surface area contributed by atoms with Crippen LogP contribution in [-0.4, -0.2) is 25.9 Å². The molecule has 1 heterocycles. The topological polar surface area (TPSA) is 172 Å². The van der Waals surface area contributed by atoms with Gasteiger partial charge in [0.2, 0.25) is 0 Å². The number of anilines is 1. The maximum atomic E-state index is 11.8. The maximum absolute atomic E-state index is 11.8. The summed E-state index contributed by atoms with van der Waals surface area (Å²) in [5.41, 5.74) is 5.84. The molecule has 0 fully saturated rings. The Bertz CT molecular complexity index is 1320. The molecule has 0 saturated heterocycles. The van der Waals surface area contributed by atoms with E-state index in [4.69, 9.17) is 15.6 Å². The quantitative estimate of drug-likeness (QED) is 0.288. The Morgan fingerprint density at radius 3 is 2.11 bits per heavy atom. The number of rotatable bonds is 3. The van der Waals surface area contributed by atoms with Crippen LogP contribution in [0.2, 0.25) is 0 Å². The number of fused-ring (bicyclic) bond motifs is 2. The summed E-state index contributed by atoms with van der Waals surface area (Å²) in [6, 6.07) is 5.44. The molecule has 1 aliphatic carbocycles. The molecule has 0 amide bonds. The highest BCUT2D eigenvalue weighted by molar-refractivity contribution is 7.86. The number of hydrogen-bond donors (Lipinski definition) is 4. The molecule has 1 aromatic rings. The van der Waals surface area contributed by atoms with Crippen molar-refractivity contribution in [1.82, 2.24) is 0 Å². The first-order chi connectivity index (χ1) is 12.3. The van der Waals surface area contributed by atoms with Crippen LogP contribution in [0.4, 0.5) is 5.69 Å². The molecule has 1 aliphatic heterocycles. The van der Waals surface area contributed by atoms with Crippen LogP contribution in [0.25, 0.3) is 22.3 Å². The molecule has 0 atom stereocenters. The first kappa shape index (κ1) is 19.3. The Kier molecular flexibility index (Phi) is 4.30. The summed E-state index contributed by atoms with van der Waals surface area (Å²) >= 11 is 0. The minimum absolute atomic E-state index is 0.227. The van der Waals surface area contributed by atoms with Crippen LogP contribution in [0.15, 0.2) is 38.5 Å². The van der Waals surface area contributed by atoms with E-state index in [1.54, 1.807) is 13.8 Å². The van der Waals surface area contributed by atoms with Crippen molar-refractivity contribution in [3.8, 4) is 11.3 Å². The largest absolute Gasteiger partial charge is 0.453 e. The van der Waals surface area contributed by atoms with Gasteiger partial charge in [-0.1, -0.05) is 13.8 Å². The minimum atomic E-state index is -4.85. The molecule has 0 saturated carbocycles. The molecule has 0 radical (unpaired) electrons. The molecule has 5 N–H and O–H groups in total. The van der Waals surface area contributed by atoms with Gasteiger partial charge >= 0.3 is 0 Å². The van der Waals surface area contributed by atoms with E-state index in [1.165, 1.54) is 24.3 Å². The third kappa shape index (κ3) is 3.08. The summed E-state index contributed by atoms with van der Waals surface area (Å²) in [5, 5.41) is 7.60. The van der Waals surface area contributed by atoms with Crippen molar-refractivity contribution in [1.29, 1.82) is 5.41 Å². The van der Waals surface area contributed by atoms with E-state index in [0.717, 1.165) is 0 Å². The van der Waals surface area contributed by atoms with E-state index in [1.807, 2.05) is 0 Å². The Labute approximate surface area is 154 Å². The van der Waals surface area contributed by atoms with Crippen molar-refractivity contribution in [2.24, 2.45) is 0 Å². The Balaban J connectivity index is 2.75. The third-order valence-electron chi connectivity index (χ3n) is 4.13. The monoisotopic (exact) mass is 412 g/mol. The maximum Gasteiger partial charge on any atom is 0.300 e. The summed E-state index contributed by atoms with van der Waals surface area (Å²) in [7, 11) is -9.66. The van der Waals surface area contributed by atoms with Gasteiger partial charge in [-0.3, -0.25) is 14.5 Å². The summed E-state index contributed by atoms with van der Waals surface area (Å²) in [6.45, 7) is 3.58. The van der Waals surface area contributed by atoms with E-state index < -0.39 is 41.1 Å². The van der Waals surface area contributed by atoms with E-state index in [9.17, 15) is 25.9 Å². The highest BCUT2D eigenvalue weighted by Crippen LogP contribution is 2.42. The fraction of sp³-hybridized carbons (Fsp3) is 0.188. The van der Waals surface area contributed by atoms with Crippen LogP contribution in [-0.2, 0) is 20.2 Å². The van der Waals surface area contributed by atoms with Crippen LogP contribution in [0, 0.1) is 5.41 Å². The summed E-state index contributed by atoms with van der Waals surface area (Å²) < 4.78 is 72.0. The molecule has 0 spiro atoms. The normalized spacial score (nSPS) is 12.9. The highest BCUT2D eigenvalue weighted by atomic mass is 32.2. The highest BCUT2D eigenvalue weighted by Gasteiger charge is 2.30. The Morgan fingerprint density at radius 1 is 1.00 bits per heavy atom. The standard InChI is InChI=1S/C16H16N2O7S2/c1-7(2)12-8-3-5-10(17)15(26(19,20)21)13(8)25-14-9(12)4-6-11(18)16(14)27(22,23)24/h3-7,17H,18H2,1-2H3,(H,19,20,21)(H,22,23,24). The van der Waals surface area contributed by atoms with Gasteiger partial charge in [0.05, 0.1) is 11.0 Å². The average molecular weight is 412 g/mol. The molecular weight excluding hydrogens is 396 g/mol. The number of nitrogens with one attached hydrogen (secondary N) is 1. The number of nitrogen functional groups attached to an aromatic ring is 1. The van der Waals surface area contributed by atoms with E-state index in [2.05, 4.69) is 0 Å². The first-order valence-electron chi connectivity index (χ1n) is 7.65. The summed E-state index contributed by atoms with van der Waals surface area (Å²) in [4.78, 5) is -1.51. The Morgan fingerprint density at radius 2 is 1.59 bits per heavy atom. The second-order valence-electron chi connectivity index (χ2n) is 6.30. The molecule has 2 aliphatic rings. The lowest BCUT2D eigenvalue weighted by atomic mass is 9.91. The molecule has 27 heavy (non-hydrogen) atoms. The van der Waals surface area contributed by atoms with Gasteiger partial charge in [-0.25, -0.2) is 0 Å². The second-order valence-corrected chi connectivity index (χ2v) is 9.02. The van der Waals surface area contributed by atoms with Gasteiger partial charge in [-0.05, 0) is 35.7 Å². The van der Waals surface area contributed by atoms with Crippen molar-refractivity contribution in [3.63, 3.8) is 0 Å². The predicted molar refractivity (Wildman–Crippen MR) is 96.8 cm³/mol. The fourth-order valence-corrected chi connectivity index (χ4v) is 4.64. The van der Waals surface area contributed by atoms with Crippen molar-refractivity contribution < 1.29 is 30.4 Å². The molecule has 3 rings (SSSR count).